The van der Waals surface area contributed by atoms with E-state index >= 15 is 0 Å². The highest BCUT2D eigenvalue weighted by Crippen LogP contribution is 2.26. The van der Waals surface area contributed by atoms with Crippen LogP contribution in [0.25, 0.3) is 10.2 Å². The number of thiazole rings is 1. The molecule has 3 rings (SSSR count). The van der Waals surface area contributed by atoms with E-state index in [0.717, 1.165) is 21.3 Å². The summed E-state index contributed by atoms with van der Waals surface area (Å²) < 4.78 is 27.3. The molecule has 5 nitrogen and oxygen atoms in total. The zero-order chi connectivity index (χ0) is 20.3. The molecule has 0 fully saturated rings. The van der Waals surface area contributed by atoms with Gasteiger partial charge >= 0.3 is 0 Å². The van der Waals surface area contributed by atoms with Crippen molar-refractivity contribution >= 4 is 48.9 Å². The Morgan fingerprint density at radius 1 is 1.18 bits per heavy atom. The number of hydrogen-bond donors (Lipinski definition) is 0. The van der Waals surface area contributed by atoms with Gasteiger partial charge in [0.1, 0.15) is 0 Å². The van der Waals surface area contributed by atoms with Gasteiger partial charge in [-0.2, -0.15) is 4.99 Å². The fourth-order valence-electron chi connectivity index (χ4n) is 3.02. The number of carbonyl (C=O) groups is 1. The largest absolute Gasteiger partial charge is 0.319 e. The minimum absolute atomic E-state index is 0.00944. The van der Waals surface area contributed by atoms with Gasteiger partial charge in [-0.1, -0.05) is 53.3 Å². The highest BCUT2D eigenvalue weighted by Gasteiger charge is 2.14. The quantitative estimate of drug-likeness (QED) is 0.585. The maximum Gasteiger partial charge on any atom is 0.248 e. The maximum atomic E-state index is 12.2. The lowest BCUT2D eigenvalue weighted by Gasteiger charge is -2.03. The third-order valence-corrected chi connectivity index (χ3v) is 7.64. The summed E-state index contributed by atoms with van der Waals surface area (Å²) >= 11 is 7.60. The second-order valence-electron chi connectivity index (χ2n) is 6.65. The SMILES string of the molecule is Cc1c(Cl)ccc2sc(=NC(=O)CCCS(=O)(=O)Cc3ccccc3)n(C)c12. The van der Waals surface area contributed by atoms with Crippen molar-refractivity contribution in [1.82, 2.24) is 4.57 Å². The van der Waals surface area contributed by atoms with E-state index < -0.39 is 9.84 Å². The van der Waals surface area contributed by atoms with Crippen LogP contribution in [-0.2, 0) is 27.4 Å². The lowest BCUT2D eigenvalue weighted by molar-refractivity contribution is -0.118. The number of sulfone groups is 1. The van der Waals surface area contributed by atoms with Crippen molar-refractivity contribution < 1.29 is 13.2 Å². The normalized spacial score (nSPS) is 12.6. The Balaban J connectivity index is 1.67. The van der Waals surface area contributed by atoms with Gasteiger partial charge in [-0.05, 0) is 36.6 Å². The Kier molecular flexibility index (Phi) is 6.37. The van der Waals surface area contributed by atoms with Gasteiger partial charge in [-0.15, -0.1) is 0 Å². The van der Waals surface area contributed by atoms with E-state index in [1.807, 2.05) is 48.9 Å². The number of carbonyl (C=O) groups excluding carboxylic acids is 1. The molecule has 148 valence electrons. The van der Waals surface area contributed by atoms with Gasteiger partial charge in [-0.25, -0.2) is 8.42 Å². The highest BCUT2D eigenvalue weighted by atomic mass is 35.5. The summed E-state index contributed by atoms with van der Waals surface area (Å²) in [6.45, 7) is 1.93. The molecule has 1 heterocycles. The molecule has 0 unspecified atom stereocenters. The second kappa shape index (κ2) is 8.59. The summed E-state index contributed by atoms with van der Waals surface area (Å²) in [5, 5.41) is 0.669. The molecule has 0 atom stereocenters. The number of aryl methyl sites for hydroxylation is 2. The van der Waals surface area contributed by atoms with Gasteiger partial charge in [0.05, 0.1) is 21.7 Å². The molecule has 1 amide bonds. The molecule has 0 aliphatic heterocycles. The van der Waals surface area contributed by atoms with E-state index in [1.165, 1.54) is 11.3 Å². The summed E-state index contributed by atoms with van der Waals surface area (Å²) in [5.41, 5.74) is 2.65. The van der Waals surface area contributed by atoms with Crippen molar-refractivity contribution in [3.63, 3.8) is 0 Å². The fourth-order valence-corrected chi connectivity index (χ4v) is 5.69. The first-order chi connectivity index (χ1) is 13.3. The Bertz CT molecular complexity index is 1180. The van der Waals surface area contributed by atoms with Crippen molar-refractivity contribution in [3.05, 3.63) is 63.4 Å². The standard InChI is InChI=1S/C20H21ClN2O3S2/c1-14-16(21)10-11-17-19(14)23(2)20(27-17)22-18(24)9-6-12-28(25,26)13-15-7-4-3-5-8-15/h3-5,7-8,10-11H,6,9,12-13H2,1-2H3. The average molecular weight is 437 g/mol. The van der Waals surface area contributed by atoms with Gasteiger partial charge in [0, 0.05) is 18.5 Å². The first-order valence-electron chi connectivity index (χ1n) is 8.83. The first-order valence-corrected chi connectivity index (χ1v) is 11.8. The van der Waals surface area contributed by atoms with Crippen LogP contribution in [0, 0.1) is 6.92 Å². The molecular weight excluding hydrogens is 416 g/mol. The van der Waals surface area contributed by atoms with E-state index in [-0.39, 0.29) is 30.3 Å². The molecule has 2 aromatic carbocycles. The Morgan fingerprint density at radius 3 is 2.61 bits per heavy atom. The number of rotatable bonds is 6. The molecule has 0 aliphatic carbocycles. The summed E-state index contributed by atoms with van der Waals surface area (Å²) in [7, 11) is -1.41. The number of hydrogen-bond acceptors (Lipinski definition) is 4. The summed E-state index contributed by atoms with van der Waals surface area (Å²) in [4.78, 5) is 17.0. The molecule has 1 aromatic heterocycles. The number of nitrogens with zero attached hydrogens (tertiary/aromatic N) is 2. The minimum atomic E-state index is -3.25. The Hall–Kier alpha value is -1.96. The zero-order valence-electron chi connectivity index (χ0n) is 15.7. The number of fused-ring (bicyclic) bond motifs is 1. The number of benzene rings is 2. The second-order valence-corrected chi connectivity index (χ2v) is 10.2. The minimum Gasteiger partial charge on any atom is -0.319 e. The summed E-state index contributed by atoms with van der Waals surface area (Å²) in [6, 6.07) is 12.8. The van der Waals surface area contributed by atoms with Gasteiger partial charge in [0.25, 0.3) is 0 Å². The molecular formula is C20H21ClN2O3S2. The predicted molar refractivity (Wildman–Crippen MR) is 114 cm³/mol. The summed E-state index contributed by atoms with van der Waals surface area (Å²) in [6.07, 6.45) is 0.360. The van der Waals surface area contributed by atoms with Gasteiger partial charge < -0.3 is 4.57 Å². The zero-order valence-corrected chi connectivity index (χ0v) is 18.1. The summed E-state index contributed by atoms with van der Waals surface area (Å²) in [5.74, 6) is -0.359. The van der Waals surface area contributed by atoms with Gasteiger partial charge in [0.15, 0.2) is 14.6 Å². The van der Waals surface area contributed by atoms with Crippen LogP contribution in [0.3, 0.4) is 0 Å². The molecule has 0 saturated carbocycles. The van der Waals surface area contributed by atoms with E-state index in [2.05, 4.69) is 4.99 Å². The van der Waals surface area contributed by atoms with E-state index in [1.54, 1.807) is 12.1 Å². The molecule has 3 aromatic rings. The first kappa shape index (κ1) is 20.8. The number of aromatic nitrogens is 1. The molecule has 0 aliphatic rings. The van der Waals surface area contributed by atoms with Crippen molar-refractivity contribution in [2.45, 2.75) is 25.5 Å². The molecule has 0 bridgehead atoms. The van der Waals surface area contributed by atoms with Crippen LogP contribution in [0.5, 0.6) is 0 Å². The third-order valence-electron chi connectivity index (χ3n) is 4.45. The number of halogens is 1. The van der Waals surface area contributed by atoms with Crippen LogP contribution in [0.1, 0.15) is 24.0 Å². The van der Waals surface area contributed by atoms with Gasteiger partial charge in [-0.3, -0.25) is 4.79 Å². The molecule has 8 heteroatoms. The lowest BCUT2D eigenvalue weighted by atomic mass is 10.2. The van der Waals surface area contributed by atoms with Crippen molar-refractivity contribution in [2.24, 2.45) is 12.0 Å². The average Bonchev–Trinajstić information content (AvgIpc) is 2.95. The van der Waals surface area contributed by atoms with Crippen LogP contribution in [0.2, 0.25) is 5.02 Å². The van der Waals surface area contributed by atoms with Crippen LogP contribution < -0.4 is 4.80 Å². The maximum absolute atomic E-state index is 12.2. The molecule has 0 N–H and O–H groups in total. The Morgan fingerprint density at radius 2 is 1.89 bits per heavy atom. The van der Waals surface area contributed by atoms with E-state index in [4.69, 9.17) is 11.6 Å². The monoisotopic (exact) mass is 436 g/mol. The van der Waals surface area contributed by atoms with Crippen LogP contribution in [0.4, 0.5) is 0 Å². The molecule has 0 spiro atoms. The van der Waals surface area contributed by atoms with Crippen LogP contribution in [0.15, 0.2) is 47.5 Å². The van der Waals surface area contributed by atoms with Crippen LogP contribution in [-0.4, -0.2) is 24.6 Å². The molecule has 0 radical (unpaired) electrons. The van der Waals surface area contributed by atoms with Crippen LogP contribution >= 0.6 is 22.9 Å². The number of amides is 1. The molecule has 0 saturated heterocycles. The molecule has 28 heavy (non-hydrogen) atoms. The predicted octanol–water partition coefficient (Wildman–Crippen LogP) is 4.02. The van der Waals surface area contributed by atoms with Crippen molar-refractivity contribution in [3.8, 4) is 0 Å². The van der Waals surface area contributed by atoms with Crippen molar-refractivity contribution in [2.75, 3.05) is 5.75 Å². The van der Waals surface area contributed by atoms with E-state index in [9.17, 15) is 13.2 Å². The van der Waals surface area contributed by atoms with Gasteiger partial charge in [0.2, 0.25) is 5.91 Å². The highest BCUT2D eigenvalue weighted by molar-refractivity contribution is 7.90. The lowest BCUT2D eigenvalue weighted by Crippen LogP contribution is -2.15. The van der Waals surface area contributed by atoms with E-state index in [0.29, 0.717) is 9.82 Å². The fraction of sp³-hybridized carbons (Fsp3) is 0.300. The third kappa shape index (κ3) is 4.90. The Labute approximate surface area is 173 Å². The smallest absolute Gasteiger partial charge is 0.248 e. The topological polar surface area (TPSA) is 68.5 Å². The van der Waals surface area contributed by atoms with Crippen molar-refractivity contribution in [1.29, 1.82) is 0 Å².